The second-order valence-corrected chi connectivity index (χ2v) is 7.69. The number of aryl methyl sites for hydroxylation is 1. The fraction of sp³-hybridized carbons (Fsp3) is 0.350. The number of piperidine rings is 1. The second kappa shape index (κ2) is 7.33. The monoisotopic (exact) mass is 422 g/mol. The third-order valence-electron chi connectivity index (χ3n) is 5.28. The van der Waals surface area contributed by atoms with E-state index in [-0.39, 0.29) is 28.2 Å². The number of alkyl halides is 3. The Hall–Kier alpha value is -2.61. The number of benzene rings is 1. The highest BCUT2D eigenvalue weighted by Gasteiger charge is 2.36. The Morgan fingerprint density at radius 1 is 1.14 bits per heavy atom. The summed E-state index contributed by atoms with van der Waals surface area (Å²) >= 11 is 5.95. The molecule has 5 nitrogen and oxygen atoms in total. The third kappa shape index (κ3) is 3.81. The Labute approximate surface area is 170 Å². The number of rotatable bonds is 2. The van der Waals surface area contributed by atoms with Gasteiger partial charge in [-0.25, -0.2) is 0 Å². The van der Waals surface area contributed by atoms with Gasteiger partial charge in [0.2, 0.25) is 5.82 Å². The number of fused-ring (bicyclic) bond motifs is 1. The summed E-state index contributed by atoms with van der Waals surface area (Å²) in [6.07, 6.45) is -1.81. The largest absolute Gasteiger partial charge is 0.416 e. The van der Waals surface area contributed by atoms with Crippen LogP contribution < -0.4 is 0 Å². The van der Waals surface area contributed by atoms with Crippen molar-refractivity contribution in [3.63, 3.8) is 0 Å². The van der Waals surface area contributed by atoms with Crippen molar-refractivity contribution in [1.82, 2.24) is 19.5 Å². The minimum Gasteiger partial charge on any atom is -0.336 e. The molecular weight excluding hydrogens is 405 g/mol. The maximum atomic E-state index is 13.4. The number of carbonyl (C=O) groups excluding carboxylic acids is 1. The first-order chi connectivity index (χ1) is 13.7. The number of carbonyl (C=O) groups is 1. The molecule has 3 aromatic rings. The van der Waals surface area contributed by atoms with Crippen LogP contribution in [0.5, 0.6) is 0 Å². The lowest BCUT2D eigenvalue weighted by Crippen LogP contribution is -2.39. The first-order valence-electron chi connectivity index (χ1n) is 9.21. The van der Waals surface area contributed by atoms with Crippen LogP contribution >= 0.6 is 11.6 Å². The van der Waals surface area contributed by atoms with Gasteiger partial charge in [-0.15, -0.1) is 10.2 Å². The normalized spacial score (nSPS) is 15.8. The van der Waals surface area contributed by atoms with E-state index in [0.29, 0.717) is 31.6 Å². The van der Waals surface area contributed by atoms with Crippen LogP contribution in [0.15, 0.2) is 36.5 Å². The molecule has 0 radical (unpaired) electrons. The topological polar surface area (TPSA) is 50.5 Å². The van der Waals surface area contributed by atoms with Crippen molar-refractivity contribution in [2.75, 3.05) is 13.1 Å². The van der Waals surface area contributed by atoms with Crippen molar-refractivity contribution in [2.24, 2.45) is 0 Å². The molecule has 152 valence electrons. The maximum Gasteiger partial charge on any atom is 0.416 e. The Balaban J connectivity index is 1.53. The minimum atomic E-state index is -4.44. The van der Waals surface area contributed by atoms with Crippen LogP contribution in [0.4, 0.5) is 13.2 Å². The molecule has 1 aliphatic heterocycles. The van der Waals surface area contributed by atoms with Crippen molar-refractivity contribution in [1.29, 1.82) is 0 Å². The van der Waals surface area contributed by atoms with Gasteiger partial charge < -0.3 is 4.90 Å². The van der Waals surface area contributed by atoms with Gasteiger partial charge in [0.25, 0.3) is 5.91 Å². The zero-order valence-corrected chi connectivity index (χ0v) is 16.3. The van der Waals surface area contributed by atoms with Crippen LogP contribution in [0.1, 0.15) is 46.1 Å². The number of aromatic nitrogens is 3. The quantitative estimate of drug-likeness (QED) is 0.600. The van der Waals surface area contributed by atoms with Gasteiger partial charge in [0.1, 0.15) is 0 Å². The van der Waals surface area contributed by atoms with Crippen molar-refractivity contribution >= 4 is 23.2 Å². The van der Waals surface area contributed by atoms with E-state index in [0.717, 1.165) is 11.6 Å². The van der Waals surface area contributed by atoms with E-state index in [4.69, 9.17) is 11.6 Å². The molecule has 0 bridgehead atoms. The molecule has 0 atom stereocenters. The lowest BCUT2D eigenvalue weighted by molar-refractivity contribution is -0.138. The van der Waals surface area contributed by atoms with Gasteiger partial charge in [0.05, 0.1) is 5.56 Å². The van der Waals surface area contributed by atoms with Gasteiger partial charge in [-0.3, -0.25) is 9.20 Å². The molecule has 2 aromatic heterocycles. The Morgan fingerprint density at radius 3 is 2.55 bits per heavy atom. The second-order valence-electron chi connectivity index (χ2n) is 7.25. The number of halogens is 4. The van der Waals surface area contributed by atoms with Gasteiger partial charge in [0.15, 0.2) is 5.65 Å². The Kier molecular flexibility index (Phi) is 4.98. The fourth-order valence-corrected chi connectivity index (χ4v) is 3.99. The molecule has 3 heterocycles. The molecule has 0 N–H and O–H groups in total. The minimum absolute atomic E-state index is 0.195. The highest BCUT2D eigenvalue weighted by atomic mass is 35.5. The molecule has 0 saturated carbocycles. The zero-order chi connectivity index (χ0) is 20.8. The van der Waals surface area contributed by atoms with Crippen molar-refractivity contribution < 1.29 is 18.0 Å². The Morgan fingerprint density at radius 2 is 1.86 bits per heavy atom. The lowest BCUT2D eigenvalue weighted by Gasteiger charge is -2.33. The predicted octanol–water partition coefficient (Wildman–Crippen LogP) is 4.73. The number of hydrogen-bond acceptors (Lipinski definition) is 3. The van der Waals surface area contributed by atoms with Crippen LogP contribution in [0.3, 0.4) is 0 Å². The first kappa shape index (κ1) is 19.7. The summed E-state index contributed by atoms with van der Waals surface area (Å²) in [5.74, 6) is -0.378. The first-order valence-corrected chi connectivity index (χ1v) is 9.59. The molecule has 4 rings (SSSR count). The fourth-order valence-electron chi connectivity index (χ4n) is 3.81. The molecule has 1 saturated heterocycles. The van der Waals surface area contributed by atoms with Crippen molar-refractivity contribution in [3.05, 3.63) is 64.1 Å². The summed E-state index contributed by atoms with van der Waals surface area (Å²) in [6.45, 7) is 2.59. The van der Waals surface area contributed by atoms with Crippen LogP contribution in [-0.2, 0) is 6.18 Å². The molecule has 0 spiro atoms. The number of nitrogens with zero attached hydrogens (tertiary/aromatic N) is 4. The summed E-state index contributed by atoms with van der Waals surface area (Å²) in [5.41, 5.74) is 1.07. The van der Waals surface area contributed by atoms with Crippen molar-refractivity contribution in [3.8, 4) is 0 Å². The number of pyridine rings is 1. The van der Waals surface area contributed by atoms with Crippen LogP contribution in [-0.4, -0.2) is 38.5 Å². The number of likely N-dealkylation sites (tertiary alicyclic amines) is 1. The number of hydrogen-bond donors (Lipinski definition) is 0. The molecular formula is C20H18ClF3N4O. The predicted molar refractivity (Wildman–Crippen MR) is 102 cm³/mol. The molecule has 1 fully saturated rings. The van der Waals surface area contributed by atoms with Gasteiger partial charge in [-0.2, -0.15) is 13.2 Å². The van der Waals surface area contributed by atoms with Crippen molar-refractivity contribution in [2.45, 2.75) is 31.9 Å². The molecule has 29 heavy (non-hydrogen) atoms. The standard InChI is InChI=1S/C20H18ClF3N4O/c1-12-2-5-17-25-26-18(28(17)11-12)19(29)27-8-6-13(7-9-27)15-10-14(21)3-4-16(15)20(22,23)24/h2-5,10-11,13H,6-9H2,1H3. The highest BCUT2D eigenvalue weighted by molar-refractivity contribution is 6.30. The van der Waals surface area contributed by atoms with E-state index in [1.165, 1.54) is 12.1 Å². The van der Waals surface area contributed by atoms with E-state index >= 15 is 0 Å². The summed E-state index contributed by atoms with van der Waals surface area (Å²) < 4.78 is 41.8. The SMILES string of the molecule is Cc1ccc2nnc(C(=O)N3CCC(c4cc(Cl)ccc4C(F)(F)F)CC3)n2c1. The molecule has 0 aliphatic carbocycles. The van der Waals surface area contributed by atoms with E-state index in [2.05, 4.69) is 10.2 Å². The molecule has 1 aliphatic rings. The van der Waals surface area contributed by atoms with E-state index in [9.17, 15) is 18.0 Å². The van der Waals surface area contributed by atoms with Gasteiger partial charge in [-0.05, 0) is 61.1 Å². The van der Waals surface area contributed by atoms with Gasteiger partial charge in [-0.1, -0.05) is 17.7 Å². The van der Waals surface area contributed by atoms with Crippen LogP contribution in [0.2, 0.25) is 5.02 Å². The average molecular weight is 423 g/mol. The Bertz CT molecular complexity index is 1070. The molecule has 0 unspecified atom stereocenters. The molecule has 9 heteroatoms. The van der Waals surface area contributed by atoms with E-state index in [1.807, 2.05) is 13.0 Å². The molecule has 1 aromatic carbocycles. The summed E-state index contributed by atoms with van der Waals surface area (Å²) in [7, 11) is 0. The summed E-state index contributed by atoms with van der Waals surface area (Å²) in [6, 6.07) is 7.34. The average Bonchev–Trinajstić information content (AvgIpc) is 3.09. The van der Waals surface area contributed by atoms with Crippen LogP contribution in [0, 0.1) is 6.92 Å². The lowest BCUT2D eigenvalue weighted by atomic mass is 9.86. The van der Waals surface area contributed by atoms with Gasteiger partial charge >= 0.3 is 6.18 Å². The number of amides is 1. The summed E-state index contributed by atoms with van der Waals surface area (Å²) in [5, 5.41) is 8.29. The smallest absolute Gasteiger partial charge is 0.336 e. The molecule has 1 amide bonds. The maximum absolute atomic E-state index is 13.4. The van der Waals surface area contributed by atoms with E-state index < -0.39 is 11.7 Å². The van der Waals surface area contributed by atoms with E-state index in [1.54, 1.807) is 21.6 Å². The highest BCUT2D eigenvalue weighted by Crippen LogP contribution is 2.40. The summed E-state index contributed by atoms with van der Waals surface area (Å²) in [4.78, 5) is 14.5. The zero-order valence-electron chi connectivity index (χ0n) is 15.6. The third-order valence-corrected chi connectivity index (χ3v) is 5.52. The van der Waals surface area contributed by atoms with Gasteiger partial charge in [0, 0.05) is 24.3 Å². The van der Waals surface area contributed by atoms with Crippen LogP contribution in [0.25, 0.3) is 5.65 Å².